The SMILES string of the molecule is CCNC(=NCc1ccon1)NCC1(C)CCCS1. The van der Waals surface area contributed by atoms with Gasteiger partial charge in [0.05, 0.1) is 6.54 Å². The van der Waals surface area contributed by atoms with E-state index in [9.17, 15) is 0 Å². The fourth-order valence-corrected chi connectivity index (χ4v) is 3.31. The molecule has 1 fully saturated rings. The molecule has 19 heavy (non-hydrogen) atoms. The Kier molecular flexibility index (Phi) is 5.13. The minimum absolute atomic E-state index is 0.337. The molecule has 0 spiro atoms. The highest BCUT2D eigenvalue weighted by Crippen LogP contribution is 2.36. The zero-order valence-electron chi connectivity index (χ0n) is 11.6. The van der Waals surface area contributed by atoms with Crippen LogP contribution in [-0.2, 0) is 6.54 Å². The Morgan fingerprint density at radius 2 is 2.47 bits per heavy atom. The van der Waals surface area contributed by atoms with Crippen LogP contribution < -0.4 is 10.6 Å². The second-order valence-corrected chi connectivity index (χ2v) is 6.62. The third kappa shape index (κ3) is 4.45. The van der Waals surface area contributed by atoms with Crippen LogP contribution in [0, 0.1) is 0 Å². The molecule has 1 saturated heterocycles. The highest BCUT2D eigenvalue weighted by molar-refractivity contribution is 8.00. The predicted octanol–water partition coefficient (Wildman–Crippen LogP) is 2.02. The molecular weight excluding hydrogens is 260 g/mol. The number of hydrogen-bond acceptors (Lipinski definition) is 4. The third-order valence-electron chi connectivity index (χ3n) is 3.16. The number of guanidine groups is 1. The number of nitrogens with zero attached hydrogens (tertiary/aromatic N) is 2. The van der Waals surface area contributed by atoms with E-state index >= 15 is 0 Å². The van der Waals surface area contributed by atoms with Gasteiger partial charge in [0.2, 0.25) is 0 Å². The van der Waals surface area contributed by atoms with Crippen LogP contribution in [-0.4, -0.2) is 34.7 Å². The molecule has 106 valence electrons. The Bertz CT molecular complexity index is 399. The number of rotatable bonds is 5. The molecule has 1 aliphatic heterocycles. The first-order valence-corrected chi connectivity index (χ1v) is 7.76. The van der Waals surface area contributed by atoms with E-state index in [1.54, 1.807) is 6.26 Å². The maximum atomic E-state index is 4.80. The Hall–Kier alpha value is -1.17. The second-order valence-electron chi connectivity index (χ2n) is 4.94. The molecule has 5 nitrogen and oxygen atoms in total. The number of nitrogens with one attached hydrogen (secondary N) is 2. The Balaban J connectivity index is 1.86. The van der Waals surface area contributed by atoms with E-state index in [-0.39, 0.29) is 0 Å². The Morgan fingerprint density at radius 1 is 1.58 bits per heavy atom. The number of thioether (sulfide) groups is 1. The molecular formula is C13H22N4OS. The highest BCUT2D eigenvalue weighted by atomic mass is 32.2. The van der Waals surface area contributed by atoms with E-state index in [1.165, 1.54) is 18.6 Å². The maximum absolute atomic E-state index is 4.80. The summed E-state index contributed by atoms with van der Waals surface area (Å²) in [4.78, 5) is 4.51. The van der Waals surface area contributed by atoms with Crippen molar-refractivity contribution in [2.75, 3.05) is 18.8 Å². The Labute approximate surface area is 118 Å². The minimum Gasteiger partial charge on any atom is -0.364 e. The summed E-state index contributed by atoms with van der Waals surface area (Å²) in [6, 6.07) is 1.83. The van der Waals surface area contributed by atoms with Gasteiger partial charge in [-0.3, -0.25) is 0 Å². The fourth-order valence-electron chi connectivity index (χ4n) is 2.07. The van der Waals surface area contributed by atoms with Crippen LogP contribution in [0.3, 0.4) is 0 Å². The summed E-state index contributed by atoms with van der Waals surface area (Å²) < 4.78 is 5.14. The van der Waals surface area contributed by atoms with Crippen molar-refractivity contribution < 1.29 is 4.52 Å². The van der Waals surface area contributed by atoms with Gasteiger partial charge < -0.3 is 15.2 Å². The van der Waals surface area contributed by atoms with E-state index in [4.69, 9.17) is 4.52 Å². The summed E-state index contributed by atoms with van der Waals surface area (Å²) in [7, 11) is 0. The lowest BCUT2D eigenvalue weighted by Gasteiger charge is -2.24. The molecule has 2 N–H and O–H groups in total. The van der Waals surface area contributed by atoms with Crippen molar-refractivity contribution in [3.8, 4) is 0 Å². The zero-order valence-corrected chi connectivity index (χ0v) is 12.4. The summed E-state index contributed by atoms with van der Waals surface area (Å²) in [5.41, 5.74) is 0.846. The normalized spacial score (nSPS) is 23.6. The van der Waals surface area contributed by atoms with Crippen molar-refractivity contribution in [2.45, 2.75) is 38.0 Å². The van der Waals surface area contributed by atoms with Crippen LogP contribution in [0.4, 0.5) is 0 Å². The molecule has 1 aromatic heterocycles. The van der Waals surface area contributed by atoms with Gasteiger partial charge in [0.1, 0.15) is 12.0 Å². The van der Waals surface area contributed by atoms with Crippen LogP contribution in [0.1, 0.15) is 32.4 Å². The average Bonchev–Trinajstić information content (AvgIpc) is 3.05. The van der Waals surface area contributed by atoms with Crippen molar-refractivity contribution in [1.29, 1.82) is 0 Å². The Morgan fingerprint density at radius 3 is 3.11 bits per heavy atom. The van der Waals surface area contributed by atoms with E-state index < -0.39 is 0 Å². The number of aromatic nitrogens is 1. The van der Waals surface area contributed by atoms with Gasteiger partial charge in [0, 0.05) is 23.9 Å². The summed E-state index contributed by atoms with van der Waals surface area (Å²) in [5, 5.41) is 10.5. The molecule has 0 amide bonds. The lowest BCUT2D eigenvalue weighted by Crippen LogP contribution is -2.43. The van der Waals surface area contributed by atoms with Crippen LogP contribution in [0.25, 0.3) is 0 Å². The second kappa shape index (κ2) is 6.84. The van der Waals surface area contributed by atoms with Gasteiger partial charge in [-0.05, 0) is 32.4 Å². The van der Waals surface area contributed by atoms with Gasteiger partial charge in [0.25, 0.3) is 0 Å². The topological polar surface area (TPSA) is 62.5 Å². The van der Waals surface area contributed by atoms with Crippen molar-refractivity contribution in [2.24, 2.45) is 4.99 Å². The molecule has 1 aliphatic rings. The predicted molar refractivity (Wildman–Crippen MR) is 79.4 cm³/mol. The van der Waals surface area contributed by atoms with E-state index in [2.05, 4.69) is 34.6 Å². The van der Waals surface area contributed by atoms with Crippen molar-refractivity contribution in [3.05, 3.63) is 18.0 Å². The molecule has 2 heterocycles. The lowest BCUT2D eigenvalue weighted by molar-refractivity contribution is 0.412. The van der Waals surface area contributed by atoms with Gasteiger partial charge >= 0.3 is 0 Å². The molecule has 0 saturated carbocycles. The zero-order chi connectivity index (χ0) is 13.6. The molecule has 1 atom stereocenters. The van der Waals surface area contributed by atoms with Crippen LogP contribution >= 0.6 is 11.8 Å². The summed E-state index contributed by atoms with van der Waals surface area (Å²) in [6.45, 7) is 6.73. The first-order valence-electron chi connectivity index (χ1n) is 6.77. The number of aliphatic imine (C=N–C) groups is 1. The molecule has 2 rings (SSSR count). The fraction of sp³-hybridized carbons (Fsp3) is 0.692. The van der Waals surface area contributed by atoms with E-state index in [1.807, 2.05) is 17.8 Å². The minimum atomic E-state index is 0.337. The molecule has 1 unspecified atom stereocenters. The largest absolute Gasteiger partial charge is 0.364 e. The van der Waals surface area contributed by atoms with Crippen LogP contribution in [0.15, 0.2) is 21.8 Å². The molecule has 0 bridgehead atoms. The monoisotopic (exact) mass is 282 g/mol. The lowest BCUT2D eigenvalue weighted by atomic mass is 10.1. The highest BCUT2D eigenvalue weighted by Gasteiger charge is 2.29. The van der Waals surface area contributed by atoms with Gasteiger partial charge in [0.15, 0.2) is 5.96 Å². The standard InChI is InChI=1S/C13H22N4OS/c1-3-14-12(15-9-11-5-7-18-17-11)16-10-13(2)6-4-8-19-13/h5,7H,3-4,6,8-10H2,1-2H3,(H2,14,15,16). The summed E-state index contributed by atoms with van der Waals surface area (Å²) in [5.74, 6) is 2.12. The van der Waals surface area contributed by atoms with E-state index in [0.29, 0.717) is 11.3 Å². The maximum Gasteiger partial charge on any atom is 0.191 e. The first-order chi connectivity index (χ1) is 9.22. The van der Waals surface area contributed by atoms with Gasteiger partial charge in [-0.2, -0.15) is 11.8 Å². The van der Waals surface area contributed by atoms with E-state index in [0.717, 1.165) is 24.7 Å². The molecule has 0 radical (unpaired) electrons. The molecule has 1 aromatic rings. The molecule has 0 aromatic carbocycles. The molecule has 6 heteroatoms. The first kappa shape index (κ1) is 14.2. The van der Waals surface area contributed by atoms with Crippen LogP contribution in [0.2, 0.25) is 0 Å². The average molecular weight is 282 g/mol. The van der Waals surface area contributed by atoms with Gasteiger partial charge in [-0.15, -0.1) is 0 Å². The quantitative estimate of drug-likeness (QED) is 0.639. The smallest absolute Gasteiger partial charge is 0.191 e. The van der Waals surface area contributed by atoms with Crippen molar-refractivity contribution in [3.63, 3.8) is 0 Å². The van der Waals surface area contributed by atoms with Crippen molar-refractivity contribution in [1.82, 2.24) is 15.8 Å². The number of hydrogen-bond donors (Lipinski definition) is 2. The molecule has 0 aliphatic carbocycles. The van der Waals surface area contributed by atoms with Gasteiger partial charge in [-0.25, -0.2) is 4.99 Å². The van der Waals surface area contributed by atoms with Crippen LogP contribution in [0.5, 0.6) is 0 Å². The van der Waals surface area contributed by atoms with Crippen molar-refractivity contribution >= 4 is 17.7 Å². The summed E-state index contributed by atoms with van der Waals surface area (Å²) in [6.07, 6.45) is 4.16. The third-order valence-corrected chi connectivity index (χ3v) is 4.70. The van der Waals surface area contributed by atoms with Gasteiger partial charge in [-0.1, -0.05) is 5.16 Å². The summed E-state index contributed by atoms with van der Waals surface area (Å²) >= 11 is 2.05.